The minimum absolute atomic E-state index is 0.0322. The zero-order valence-corrected chi connectivity index (χ0v) is 25.7. The van der Waals surface area contributed by atoms with Crippen molar-refractivity contribution in [3.05, 3.63) is 11.1 Å². The molecule has 8 atom stereocenters. The fraction of sp³-hybridized carbons (Fsp3) is 0.879. The summed E-state index contributed by atoms with van der Waals surface area (Å²) in [4.78, 5) is 28.7. The molecule has 0 radical (unpaired) electrons. The van der Waals surface area contributed by atoms with Gasteiger partial charge in [-0.25, -0.2) is 0 Å². The number of carbonyl (C=O) groups excluding carboxylic acids is 2. The number of Topliss-reactive ketones (excluding diaryl/α,β-unsaturated/α-hetero) is 1. The number of nitrogens with one attached hydrogen (secondary N) is 1. The van der Waals surface area contributed by atoms with E-state index >= 15 is 0 Å². The molecule has 5 rings (SSSR count). The largest absolute Gasteiger partial charge is 0.393 e. The molecule has 0 bridgehead atoms. The van der Waals surface area contributed by atoms with Crippen LogP contribution in [0, 0.1) is 45.3 Å². The summed E-state index contributed by atoms with van der Waals surface area (Å²) in [5.41, 5.74) is 2.30. The summed E-state index contributed by atoms with van der Waals surface area (Å²) < 4.78 is 0. The van der Waals surface area contributed by atoms with Crippen LogP contribution in [-0.4, -0.2) is 54.0 Å². The Morgan fingerprint density at radius 3 is 2.26 bits per heavy atom. The molecule has 0 aromatic rings. The summed E-state index contributed by atoms with van der Waals surface area (Å²) in [6, 6.07) is 0. The van der Waals surface area contributed by atoms with Gasteiger partial charge in [-0.15, -0.1) is 0 Å². The molecule has 0 saturated heterocycles. The smallest absolute Gasteiger partial charge is 0.234 e. The van der Waals surface area contributed by atoms with Crippen LogP contribution in [0.1, 0.15) is 106 Å². The Kier molecular flexibility index (Phi) is 6.63. The van der Waals surface area contributed by atoms with Crippen LogP contribution >= 0.6 is 0 Å². The summed E-state index contributed by atoms with van der Waals surface area (Å²) in [6.45, 7) is 17.0. The second-order valence-electron chi connectivity index (χ2n) is 15.9. The van der Waals surface area contributed by atoms with Crippen molar-refractivity contribution in [3.8, 4) is 0 Å². The molecule has 2 N–H and O–H groups in total. The third-order valence-corrected chi connectivity index (χ3v) is 13.2. The maximum atomic E-state index is 13.6. The van der Waals surface area contributed by atoms with E-state index in [0.29, 0.717) is 30.7 Å². The Bertz CT molecular complexity index is 1040. The molecule has 5 heteroatoms. The van der Waals surface area contributed by atoms with E-state index < -0.39 is 5.54 Å². The average Bonchev–Trinajstić information content (AvgIpc) is 3.08. The molecule has 5 nitrogen and oxygen atoms in total. The van der Waals surface area contributed by atoms with Gasteiger partial charge in [-0.1, -0.05) is 48.5 Å². The second kappa shape index (κ2) is 8.90. The number of aliphatic hydroxyl groups excluding tert-OH is 1. The van der Waals surface area contributed by atoms with Crippen molar-refractivity contribution in [1.82, 2.24) is 10.2 Å². The molecule has 5 aliphatic rings. The monoisotopic (exact) mass is 526 g/mol. The van der Waals surface area contributed by atoms with Gasteiger partial charge in [0.1, 0.15) is 0 Å². The Morgan fingerprint density at radius 2 is 1.63 bits per heavy atom. The molecule has 0 aliphatic heterocycles. The van der Waals surface area contributed by atoms with Crippen molar-refractivity contribution >= 4 is 11.7 Å². The topological polar surface area (TPSA) is 69.6 Å². The number of amides is 1. The van der Waals surface area contributed by atoms with Crippen molar-refractivity contribution < 1.29 is 14.7 Å². The van der Waals surface area contributed by atoms with Gasteiger partial charge in [0.2, 0.25) is 5.91 Å². The molecule has 1 amide bonds. The maximum absolute atomic E-state index is 13.6. The lowest BCUT2D eigenvalue weighted by atomic mass is 9.33. The molecule has 38 heavy (non-hydrogen) atoms. The molecule has 4 saturated carbocycles. The quantitative estimate of drug-likeness (QED) is 0.489. The molecule has 0 spiro atoms. The molecule has 5 aliphatic carbocycles. The first kappa shape index (κ1) is 28.3. The van der Waals surface area contributed by atoms with Crippen molar-refractivity contribution in [2.24, 2.45) is 45.3 Å². The summed E-state index contributed by atoms with van der Waals surface area (Å²) in [5.74, 6) is 1.97. The molecule has 0 aromatic carbocycles. The van der Waals surface area contributed by atoms with Crippen molar-refractivity contribution in [2.75, 3.05) is 20.6 Å². The second-order valence-corrected chi connectivity index (χ2v) is 15.9. The third kappa shape index (κ3) is 3.69. The summed E-state index contributed by atoms with van der Waals surface area (Å²) in [5, 5.41) is 14.4. The highest BCUT2D eigenvalue weighted by Gasteiger charge is 2.70. The lowest BCUT2D eigenvalue weighted by molar-refractivity contribution is -0.227. The van der Waals surface area contributed by atoms with E-state index in [1.807, 2.05) is 19.0 Å². The van der Waals surface area contributed by atoms with E-state index in [1.165, 1.54) is 24.8 Å². The van der Waals surface area contributed by atoms with E-state index in [4.69, 9.17) is 0 Å². The van der Waals surface area contributed by atoms with Crippen LogP contribution in [0.25, 0.3) is 0 Å². The Labute approximate surface area is 231 Å². The van der Waals surface area contributed by atoms with Gasteiger partial charge in [0.25, 0.3) is 0 Å². The predicted octanol–water partition coefficient (Wildman–Crippen LogP) is 5.76. The van der Waals surface area contributed by atoms with Gasteiger partial charge >= 0.3 is 0 Å². The van der Waals surface area contributed by atoms with E-state index in [0.717, 1.165) is 37.7 Å². The number of ketones is 1. The minimum atomic E-state index is -0.505. The van der Waals surface area contributed by atoms with E-state index in [9.17, 15) is 14.7 Å². The zero-order chi connectivity index (χ0) is 28.1. The van der Waals surface area contributed by atoms with Crippen molar-refractivity contribution in [1.29, 1.82) is 0 Å². The highest BCUT2D eigenvalue weighted by molar-refractivity contribution is 6.02. The number of rotatable bonds is 4. The molecule has 214 valence electrons. The zero-order valence-electron chi connectivity index (χ0n) is 25.7. The van der Waals surface area contributed by atoms with Crippen LogP contribution in [0.5, 0.6) is 0 Å². The predicted molar refractivity (Wildman–Crippen MR) is 152 cm³/mol. The molecule has 4 fully saturated rings. The molecule has 0 aromatic heterocycles. The maximum Gasteiger partial charge on any atom is 0.234 e. The summed E-state index contributed by atoms with van der Waals surface area (Å²) in [7, 11) is 3.85. The van der Waals surface area contributed by atoms with Crippen LogP contribution < -0.4 is 5.32 Å². The van der Waals surface area contributed by atoms with Gasteiger partial charge in [0.05, 0.1) is 18.2 Å². The number of likely N-dealkylation sites (N-methyl/N-ethyl adjacent to an activating group) is 1. The van der Waals surface area contributed by atoms with Crippen LogP contribution in [0.3, 0.4) is 0 Å². The fourth-order valence-electron chi connectivity index (χ4n) is 11.3. The van der Waals surface area contributed by atoms with Crippen LogP contribution in [0.2, 0.25) is 0 Å². The van der Waals surface area contributed by atoms with Crippen LogP contribution in [0.15, 0.2) is 11.1 Å². The number of allylic oxidation sites excluding steroid dienone is 1. The SMILES string of the molecule is CC(C)C1=C2[C@H]3CC[C@@H]4[C@@]5(C)CC[C@H](O)C(C)(C)[C@@H]5CC[C@@]4(C)[C@]3(C)CC[C@@]2(NC(=O)CN(C)C)CC1=O. The summed E-state index contributed by atoms with van der Waals surface area (Å²) >= 11 is 0. The Morgan fingerprint density at radius 1 is 0.947 bits per heavy atom. The van der Waals surface area contributed by atoms with Gasteiger partial charge in [0, 0.05) is 6.42 Å². The third-order valence-electron chi connectivity index (χ3n) is 13.2. The van der Waals surface area contributed by atoms with Gasteiger partial charge < -0.3 is 15.3 Å². The average molecular weight is 527 g/mol. The van der Waals surface area contributed by atoms with E-state index in [-0.39, 0.29) is 45.4 Å². The molecular weight excluding hydrogens is 472 g/mol. The van der Waals surface area contributed by atoms with Gasteiger partial charge in [-0.2, -0.15) is 0 Å². The minimum Gasteiger partial charge on any atom is -0.393 e. The number of carbonyl (C=O) groups is 2. The highest BCUT2D eigenvalue weighted by Crippen LogP contribution is 2.75. The van der Waals surface area contributed by atoms with Crippen LogP contribution in [0.4, 0.5) is 0 Å². The molecule has 0 unspecified atom stereocenters. The van der Waals surface area contributed by atoms with Gasteiger partial charge in [-0.3, -0.25) is 9.59 Å². The van der Waals surface area contributed by atoms with Crippen LogP contribution in [-0.2, 0) is 9.59 Å². The fourth-order valence-corrected chi connectivity index (χ4v) is 11.3. The number of hydrogen-bond donors (Lipinski definition) is 2. The number of fused-ring (bicyclic) bond motifs is 7. The molecular formula is C33H54N2O3. The number of nitrogens with zero attached hydrogens (tertiary/aromatic N) is 1. The lowest BCUT2D eigenvalue weighted by Crippen LogP contribution is -2.67. The van der Waals surface area contributed by atoms with Gasteiger partial charge in [-0.05, 0) is 122 Å². The Hall–Kier alpha value is -1.20. The normalized spacial score (nSPS) is 45.9. The number of hydrogen-bond acceptors (Lipinski definition) is 4. The Balaban J connectivity index is 1.57. The van der Waals surface area contributed by atoms with E-state index in [2.05, 4.69) is 53.8 Å². The summed E-state index contributed by atoms with van der Waals surface area (Å²) in [6.07, 6.45) is 8.83. The van der Waals surface area contributed by atoms with Crippen molar-refractivity contribution in [3.63, 3.8) is 0 Å². The van der Waals surface area contributed by atoms with E-state index in [1.54, 1.807) is 0 Å². The standard InChI is InChI=1S/C33H54N2O3/c1-20(2)27-22(36)18-33(34-26(38)19-35(8)9)17-16-31(6)21(28(27)33)10-11-24-30(5)14-13-25(37)29(3,4)23(30)12-15-32(24,31)7/h20-21,23-25,37H,10-19H2,1-9H3,(H,34,38)/t21-,23+,24-,25+,30+,31-,32-,33-/m1/s1. The molecule has 0 heterocycles. The van der Waals surface area contributed by atoms with Gasteiger partial charge in [0.15, 0.2) is 5.78 Å². The first-order valence-electron chi connectivity index (χ1n) is 15.4. The first-order valence-corrected chi connectivity index (χ1v) is 15.4. The lowest BCUT2D eigenvalue weighted by Gasteiger charge is -2.72. The highest BCUT2D eigenvalue weighted by atomic mass is 16.3. The van der Waals surface area contributed by atoms with Crippen molar-refractivity contribution in [2.45, 2.75) is 118 Å². The number of aliphatic hydroxyl groups is 1. The first-order chi connectivity index (χ1) is 17.5.